The highest BCUT2D eigenvalue weighted by Crippen LogP contribution is 2.34. The molecule has 3 aromatic rings. The highest BCUT2D eigenvalue weighted by molar-refractivity contribution is 5.71. The van der Waals surface area contributed by atoms with Crippen molar-refractivity contribution in [3.05, 3.63) is 59.2 Å². The number of aromatic nitrogens is 3. The molecule has 4 heterocycles. The quantitative estimate of drug-likeness (QED) is 0.573. The smallest absolute Gasteiger partial charge is 0.151 e. The average molecular weight is 438 g/mol. The predicted molar refractivity (Wildman–Crippen MR) is 111 cm³/mol. The van der Waals surface area contributed by atoms with Crippen LogP contribution in [0.1, 0.15) is 29.5 Å². The first-order valence-electron chi connectivity index (χ1n) is 10.2. The van der Waals surface area contributed by atoms with Crippen LogP contribution in [0.15, 0.2) is 36.5 Å². The molecule has 0 radical (unpaired) electrons. The average Bonchev–Trinajstić information content (AvgIpc) is 3.42. The Bertz CT molecular complexity index is 1220. The van der Waals surface area contributed by atoms with Crippen molar-refractivity contribution in [2.45, 2.75) is 31.5 Å². The topological polar surface area (TPSA) is 110 Å². The molecule has 2 aliphatic heterocycles. The van der Waals surface area contributed by atoms with E-state index in [1.807, 2.05) is 6.07 Å². The summed E-state index contributed by atoms with van der Waals surface area (Å²) < 4.78 is 29.8. The molecule has 0 spiro atoms. The number of nitrogens with zero attached hydrogens (tertiary/aromatic N) is 5. The lowest BCUT2D eigenvalue weighted by molar-refractivity contribution is 0.0642. The van der Waals surface area contributed by atoms with Gasteiger partial charge in [-0.3, -0.25) is 10.3 Å². The Morgan fingerprint density at radius 3 is 2.88 bits per heavy atom. The van der Waals surface area contributed by atoms with Crippen LogP contribution in [-0.2, 0) is 6.54 Å². The Labute approximate surface area is 182 Å². The number of alkyl halides is 1. The molecular weight excluding hydrogens is 418 g/mol. The number of β-amino-alcohol motifs (C(OH)–C–C–N with tert-alkyl or cyclic N) is 1. The SMILES string of the molecule is N#Cc1cccc(F)c1-c1cc(-n2ccc(N3CC[C@H](F)[C@H](O)C3)n2)c2c(n1)CNC2O. The summed E-state index contributed by atoms with van der Waals surface area (Å²) in [5.41, 5.74) is 2.03. The van der Waals surface area contributed by atoms with Crippen LogP contribution in [0, 0.1) is 17.1 Å². The van der Waals surface area contributed by atoms with Crippen molar-refractivity contribution in [3.8, 4) is 23.0 Å². The molecule has 1 fully saturated rings. The van der Waals surface area contributed by atoms with Crippen molar-refractivity contribution in [1.82, 2.24) is 20.1 Å². The van der Waals surface area contributed by atoms with Crippen LogP contribution in [0.3, 0.4) is 0 Å². The zero-order valence-electron chi connectivity index (χ0n) is 16.9. The third kappa shape index (κ3) is 3.40. The van der Waals surface area contributed by atoms with Crippen molar-refractivity contribution in [2.24, 2.45) is 0 Å². The van der Waals surface area contributed by atoms with Gasteiger partial charge in [-0.1, -0.05) is 6.07 Å². The molecule has 1 unspecified atom stereocenters. The Balaban J connectivity index is 1.60. The van der Waals surface area contributed by atoms with Crippen molar-refractivity contribution < 1.29 is 19.0 Å². The third-order valence-electron chi connectivity index (χ3n) is 5.89. The second-order valence-corrected chi connectivity index (χ2v) is 7.88. The van der Waals surface area contributed by atoms with Crippen LogP contribution in [0.4, 0.5) is 14.6 Å². The van der Waals surface area contributed by atoms with Gasteiger partial charge in [0.25, 0.3) is 0 Å². The molecule has 32 heavy (non-hydrogen) atoms. The molecule has 10 heteroatoms. The zero-order valence-corrected chi connectivity index (χ0v) is 16.9. The van der Waals surface area contributed by atoms with Crippen LogP contribution < -0.4 is 10.2 Å². The van der Waals surface area contributed by atoms with Crippen LogP contribution >= 0.6 is 0 Å². The number of anilines is 1. The minimum absolute atomic E-state index is 0.0842. The first-order chi connectivity index (χ1) is 15.5. The highest BCUT2D eigenvalue weighted by atomic mass is 19.1. The van der Waals surface area contributed by atoms with E-state index in [9.17, 15) is 24.3 Å². The van der Waals surface area contributed by atoms with Gasteiger partial charge in [0.05, 0.1) is 34.3 Å². The number of benzene rings is 1. The third-order valence-corrected chi connectivity index (χ3v) is 5.89. The fraction of sp³-hybridized carbons (Fsp3) is 0.318. The van der Waals surface area contributed by atoms with Gasteiger partial charge in [-0.2, -0.15) is 10.4 Å². The lowest BCUT2D eigenvalue weighted by atomic mass is 10.0. The van der Waals surface area contributed by atoms with Gasteiger partial charge in [-0.25, -0.2) is 13.5 Å². The highest BCUT2D eigenvalue weighted by Gasteiger charge is 2.30. The molecule has 0 aliphatic carbocycles. The van der Waals surface area contributed by atoms with Crippen molar-refractivity contribution in [1.29, 1.82) is 5.26 Å². The maximum atomic E-state index is 14.7. The Kier molecular flexibility index (Phi) is 5.09. The number of pyridine rings is 1. The van der Waals surface area contributed by atoms with E-state index in [0.717, 1.165) is 0 Å². The lowest BCUT2D eigenvalue weighted by Gasteiger charge is -2.32. The van der Waals surface area contributed by atoms with Gasteiger partial charge in [-0.05, 0) is 24.6 Å². The Morgan fingerprint density at radius 2 is 2.09 bits per heavy atom. The molecule has 1 aromatic carbocycles. The van der Waals surface area contributed by atoms with E-state index in [-0.39, 0.29) is 36.3 Å². The van der Waals surface area contributed by atoms with Crippen molar-refractivity contribution in [3.63, 3.8) is 0 Å². The van der Waals surface area contributed by atoms with Gasteiger partial charge in [-0.15, -0.1) is 0 Å². The zero-order chi connectivity index (χ0) is 22.4. The molecular formula is C22H20F2N6O2. The Morgan fingerprint density at radius 1 is 1.25 bits per heavy atom. The second-order valence-electron chi connectivity index (χ2n) is 7.88. The lowest BCUT2D eigenvalue weighted by Crippen LogP contribution is -2.45. The number of nitrogens with one attached hydrogen (secondary N) is 1. The molecule has 5 rings (SSSR count). The van der Waals surface area contributed by atoms with E-state index in [1.54, 1.807) is 23.2 Å². The second kappa shape index (κ2) is 7.94. The summed E-state index contributed by atoms with van der Waals surface area (Å²) in [7, 11) is 0. The maximum Gasteiger partial charge on any atom is 0.151 e. The number of rotatable bonds is 3. The fourth-order valence-corrected chi connectivity index (χ4v) is 4.24. The van der Waals surface area contributed by atoms with Gasteiger partial charge in [0.2, 0.25) is 0 Å². The molecule has 164 valence electrons. The predicted octanol–water partition coefficient (Wildman–Crippen LogP) is 1.95. The fourth-order valence-electron chi connectivity index (χ4n) is 4.24. The summed E-state index contributed by atoms with van der Waals surface area (Å²) in [5.74, 6) is -0.0229. The maximum absolute atomic E-state index is 14.7. The number of nitriles is 1. The van der Waals surface area contributed by atoms with Crippen LogP contribution in [0.25, 0.3) is 16.9 Å². The van der Waals surface area contributed by atoms with Crippen molar-refractivity contribution in [2.75, 3.05) is 18.0 Å². The molecule has 3 atom stereocenters. The molecule has 8 nitrogen and oxygen atoms in total. The number of hydrogen-bond acceptors (Lipinski definition) is 7. The van der Waals surface area contributed by atoms with Gasteiger partial charge in [0.1, 0.15) is 24.3 Å². The summed E-state index contributed by atoms with van der Waals surface area (Å²) in [5, 5.41) is 37.2. The number of halogens is 2. The summed E-state index contributed by atoms with van der Waals surface area (Å²) in [4.78, 5) is 6.30. The van der Waals surface area contributed by atoms with Gasteiger partial charge in [0, 0.05) is 37.5 Å². The van der Waals surface area contributed by atoms with E-state index in [4.69, 9.17) is 0 Å². The first-order valence-corrected chi connectivity index (χ1v) is 10.2. The molecule has 1 saturated heterocycles. The normalized spacial score (nSPS) is 22.6. The number of hydrogen-bond donors (Lipinski definition) is 3. The minimum atomic E-state index is -1.25. The van der Waals surface area contributed by atoms with Gasteiger partial charge < -0.3 is 15.1 Å². The Hall–Kier alpha value is -3.39. The minimum Gasteiger partial charge on any atom is -0.388 e. The van der Waals surface area contributed by atoms with Crippen LogP contribution in [0.5, 0.6) is 0 Å². The molecule has 0 amide bonds. The van der Waals surface area contributed by atoms with E-state index < -0.39 is 24.3 Å². The van der Waals surface area contributed by atoms with E-state index in [2.05, 4.69) is 15.4 Å². The molecule has 0 bridgehead atoms. The first kappa shape index (κ1) is 20.5. The largest absolute Gasteiger partial charge is 0.388 e. The number of piperidine rings is 1. The number of aliphatic hydroxyl groups excluding tert-OH is 2. The van der Waals surface area contributed by atoms with Crippen LogP contribution in [0.2, 0.25) is 0 Å². The molecule has 3 N–H and O–H groups in total. The molecule has 2 aromatic heterocycles. The molecule has 0 saturated carbocycles. The van der Waals surface area contributed by atoms with Gasteiger partial charge in [0.15, 0.2) is 5.82 Å². The number of fused-ring (bicyclic) bond motifs is 1. The van der Waals surface area contributed by atoms with Gasteiger partial charge >= 0.3 is 0 Å². The van der Waals surface area contributed by atoms with Crippen LogP contribution in [-0.4, -0.2) is 50.3 Å². The summed E-state index contributed by atoms with van der Waals surface area (Å²) in [6.07, 6.45) is -1.43. The monoisotopic (exact) mass is 438 g/mol. The van der Waals surface area contributed by atoms with Crippen molar-refractivity contribution >= 4 is 5.82 Å². The summed E-state index contributed by atoms with van der Waals surface area (Å²) in [6, 6.07) is 9.57. The number of aliphatic hydroxyl groups is 2. The van der Waals surface area contributed by atoms with E-state index in [0.29, 0.717) is 29.3 Å². The molecule has 2 aliphatic rings. The standard InChI is InChI=1S/C22H20F2N6O2/c23-13-4-6-29(11-18(13)31)19-5-7-30(28-19)17-8-15(27-16-10-26-22(32)21(16)17)20-12(9-25)2-1-3-14(20)24/h1-3,5,7-8,13,18,22,26,31-32H,4,6,10-11H2/t13-,18+,22?/m0/s1. The van der Waals surface area contributed by atoms with E-state index >= 15 is 0 Å². The summed E-state index contributed by atoms with van der Waals surface area (Å²) in [6.45, 7) is 0.820. The summed E-state index contributed by atoms with van der Waals surface area (Å²) >= 11 is 0. The van der Waals surface area contributed by atoms with E-state index in [1.165, 1.54) is 22.9 Å².